The summed E-state index contributed by atoms with van der Waals surface area (Å²) >= 11 is 0. The first-order valence-corrected chi connectivity index (χ1v) is 18.5. The highest BCUT2D eigenvalue weighted by Crippen LogP contribution is 2.39. The zero-order valence-corrected chi connectivity index (χ0v) is 33.5. The van der Waals surface area contributed by atoms with E-state index >= 15 is 0 Å². The third kappa shape index (κ3) is 15.3. The van der Waals surface area contributed by atoms with E-state index in [-0.39, 0.29) is 11.2 Å². The van der Waals surface area contributed by atoms with Gasteiger partial charge in [0, 0.05) is 6.42 Å². The molecule has 0 heterocycles. The molecule has 7 heteroatoms. The average Bonchev–Trinajstić information content (AvgIpc) is 3.09. The van der Waals surface area contributed by atoms with Crippen molar-refractivity contribution in [3.8, 4) is 0 Å². The first kappa shape index (κ1) is 45.5. The molecule has 0 spiro atoms. The summed E-state index contributed by atoms with van der Waals surface area (Å²) in [5, 5.41) is 50.3. The number of allylic oxidation sites excluding steroid dienone is 23. The Morgan fingerprint density at radius 2 is 1.08 bits per heavy atom. The number of Topliss-reactive ketones (excluding diaryl/α,β-unsaturated/α-hetero) is 1. The minimum atomic E-state index is -1.65. The van der Waals surface area contributed by atoms with Crippen molar-refractivity contribution in [2.24, 2.45) is 5.41 Å². The summed E-state index contributed by atoms with van der Waals surface area (Å²) in [4.78, 5) is 12.2. The fraction of sp³-hybridized carbons (Fsp3) is 0.457. The third-order valence-electron chi connectivity index (χ3n) is 9.55. The minimum absolute atomic E-state index is 0.0202. The van der Waals surface area contributed by atoms with E-state index in [1.807, 2.05) is 75.5 Å². The number of aliphatic hydroxyl groups is 5. The van der Waals surface area contributed by atoms with Gasteiger partial charge in [0.05, 0.1) is 5.60 Å². The quantitative estimate of drug-likeness (QED) is 0.108. The lowest BCUT2D eigenvalue weighted by Gasteiger charge is -2.44. The van der Waals surface area contributed by atoms with Crippen LogP contribution in [-0.2, 0) is 9.53 Å². The van der Waals surface area contributed by atoms with E-state index < -0.39 is 42.2 Å². The van der Waals surface area contributed by atoms with E-state index in [2.05, 4.69) is 83.2 Å². The summed E-state index contributed by atoms with van der Waals surface area (Å²) in [6.45, 7) is 20.2. The number of hydrogen-bond acceptors (Lipinski definition) is 7. The molecule has 0 bridgehead atoms. The first-order chi connectivity index (χ1) is 24.8. The molecule has 6 atom stereocenters. The highest BCUT2D eigenvalue weighted by atomic mass is 16.5. The van der Waals surface area contributed by atoms with Crippen LogP contribution in [0.4, 0.5) is 0 Å². The van der Waals surface area contributed by atoms with Gasteiger partial charge in [-0.2, -0.15) is 0 Å². The smallest absolute Gasteiger partial charge is 0.158 e. The highest BCUT2D eigenvalue weighted by Gasteiger charge is 2.50. The number of ether oxygens (including phenoxy) is 1. The van der Waals surface area contributed by atoms with Crippen LogP contribution in [0.5, 0.6) is 0 Å². The monoisotopic (exact) mass is 728 g/mol. The Labute approximate surface area is 318 Å². The lowest BCUT2D eigenvalue weighted by molar-refractivity contribution is -0.256. The Hall–Kier alpha value is -3.69. The van der Waals surface area contributed by atoms with Crippen LogP contribution < -0.4 is 0 Å². The molecular formula is C46H64O7. The van der Waals surface area contributed by atoms with Crippen LogP contribution in [0.2, 0.25) is 0 Å². The fourth-order valence-electron chi connectivity index (χ4n) is 5.95. The van der Waals surface area contributed by atoms with E-state index in [0.717, 1.165) is 45.4 Å². The summed E-state index contributed by atoms with van der Waals surface area (Å²) in [7, 11) is 0. The molecule has 2 aliphatic carbocycles. The largest absolute Gasteiger partial charge is 0.387 e. The van der Waals surface area contributed by atoms with Gasteiger partial charge < -0.3 is 30.3 Å². The second kappa shape index (κ2) is 21.3. The molecule has 7 nitrogen and oxygen atoms in total. The Morgan fingerprint density at radius 1 is 0.660 bits per heavy atom. The molecule has 0 aromatic carbocycles. The van der Waals surface area contributed by atoms with Gasteiger partial charge >= 0.3 is 0 Å². The normalized spacial score (nSPS) is 27.8. The van der Waals surface area contributed by atoms with E-state index in [4.69, 9.17) is 4.74 Å². The van der Waals surface area contributed by atoms with Gasteiger partial charge in [-0.05, 0) is 84.8 Å². The molecule has 0 aromatic heterocycles. The number of carbonyl (C=O) groups excluding carboxylic acids is 1. The molecule has 2 rings (SSSR count). The number of hydrogen-bond donors (Lipinski definition) is 5. The van der Waals surface area contributed by atoms with Crippen LogP contribution in [0.15, 0.2) is 142 Å². The molecule has 290 valence electrons. The molecule has 2 unspecified atom stereocenters. The number of rotatable bonds is 15. The van der Waals surface area contributed by atoms with Gasteiger partial charge in [-0.3, -0.25) is 4.79 Å². The maximum Gasteiger partial charge on any atom is 0.158 e. The number of carbonyl (C=O) groups is 1. The van der Waals surface area contributed by atoms with Gasteiger partial charge in [0.15, 0.2) is 5.78 Å². The topological polar surface area (TPSA) is 127 Å². The van der Waals surface area contributed by atoms with Gasteiger partial charge in [-0.15, -0.1) is 0 Å². The predicted octanol–water partition coefficient (Wildman–Crippen LogP) is 8.13. The molecule has 53 heavy (non-hydrogen) atoms. The standard InChI is InChI=1S/C46H64O7/c1-31(17-11-12-18-32(2)21-16-23-35(5)26-27-37-36(6)38(47)28-30-45(37,7)8)20-15-22-34(4)25-24-33(3)19-13-14-29-46(9,10)53-44-42(51)40(49)39(48)41(50)43(44)52/h11-27,39-44,48-52H,28-30H2,1-10H3/b12-11+,14-13+,20-15+,21-16+,25-24+,27-26+,31-17+,32-18-,33-19-,34-22-,35-23-/t39?,40-,41+,42-,43-,44?/m0/s1. The Kier molecular flexibility index (Phi) is 18.2. The van der Waals surface area contributed by atoms with Crippen molar-refractivity contribution < 1.29 is 35.1 Å². The van der Waals surface area contributed by atoms with Gasteiger partial charge in [0.1, 0.15) is 36.6 Å². The SMILES string of the molecule is CC1=C(/C=C/C(C)=C\C=C\C(C)=C/C=C/C=C(C)/C=C/C=C(C)\C=C\C(C)=C/C=C/CC(C)(C)OC2[C@@H](O)[C@H](O)C(O)[C@H](O)[C@@H]2O)C(C)(C)CCC1=O. The molecule has 1 saturated carbocycles. The molecule has 0 aromatic rings. The Morgan fingerprint density at radius 3 is 1.58 bits per heavy atom. The van der Waals surface area contributed by atoms with Gasteiger partial charge in [0.25, 0.3) is 0 Å². The van der Waals surface area contributed by atoms with Crippen molar-refractivity contribution >= 4 is 5.78 Å². The van der Waals surface area contributed by atoms with Crippen molar-refractivity contribution in [1.82, 2.24) is 0 Å². The minimum Gasteiger partial charge on any atom is -0.387 e. The van der Waals surface area contributed by atoms with Gasteiger partial charge in [-0.25, -0.2) is 0 Å². The average molecular weight is 729 g/mol. The zero-order valence-electron chi connectivity index (χ0n) is 33.5. The molecule has 0 aliphatic heterocycles. The van der Waals surface area contributed by atoms with Crippen LogP contribution in [0.3, 0.4) is 0 Å². The maximum atomic E-state index is 12.2. The molecular weight excluding hydrogens is 664 g/mol. The zero-order chi connectivity index (χ0) is 39.9. The van der Waals surface area contributed by atoms with Crippen molar-refractivity contribution in [1.29, 1.82) is 0 Å². The van der Waals surface area contributed by atoms with Crippen molar-refractivity contribution in [2.75, 3.05) is 0 Å². The molecule has 5 N–H and O–H groups in total. The highest BCUT2D eigenvalue weighted by molar-refractivity contribution is 5.97. The molecule has 2 aliphatic rings. The first-order valence-electron chi connectivity index (χ1n) is 18.5. The lowest BCUT2D eigenvalue weighted by atomic mass is 9.72. The second-order valence-corrected chi connectivity index (χ2v) is 15.6. The van der Waals surface area contributed by atoms with Crippen LogP contribution in [0.25, 0.3) is 0 Å². The van der Waals surface area contributed by atoms with Crippen molar-refractivity contribution in [3.63, 3.8) is 0 Å². The van der Waals surface area contributed by atoms with Crippen LogP contribution in [-0.4, -0.2) is 73.5 Å². The van der Waals surface area contributed by atoms with Gasteiger partial charge in [0.2, 0.25) is 0 Å². The van der Waals surface area contributed by atoms with E-state index in [1.165, 1.54) is 0 Å². The predicted molar refractivity (Wildman–Crippen MR) is 218 cm³/mol. The van der Waals surface area contributed by atoms with Crippen LogP contribution >= 0.6 is 0 Å². The fourth-order valence-corrected chi connectivity index (χ4v) is 5.95. The summed E-state index contributed by atoms with van der Waals surface area (Å²) in [5.74, 6) is 0.256. The van der Waals surface area contributed by atoms with Crippen molar-refractivity contribution in [3.05, 3.63) is 142 Å². The molecule has 0 amide bonds. The Bertz CT molecular complexity index is 1610. The molecule has 0 saturated heterocycles. The summed E-state index contributed by atoms with van der Waals surface area (Å²) in [5.41, 5.74) is 6.77. The van der Waals surface area contributed by atoms with E-state index in [0.29, 0.717) is 12.8 Å². The summed E-state index contributed by atoms with van der Waals surface area (Å²) in [6, 6.07) is 0. The van der Waals surface area contributed by atoms with Crippen LogP contribution in [0.1, 0.15) is 88.5 Å². The number of aliphatic hydroxyl groups excluding tert-OH is 5. The van der Waals surface area contributed by atoms with E-state index in [9.17, 15) is 30.3 Å². The van der Waals surface area contributed by atoms with Crippen LogP contribution in [0, 0.1) is 5.41 Å². The van der Waals surface area contributed by atoms with Crippen molar-refractivity contribution in [2.45, 2.75) is 131 Å². The van der Waals surface area contributed by atoms with E-state index in [1.54, 1.807) is 13.8 Å². The number of ketones is 1. The lowest BCUT2D eigenvalue weighted by Crippen LogP contribution is -2.65. The summed E-state index contributed by atoms with van der Waals surface area (Å²) < 4.78 is 5.86. The molecule has 0 radical (unpaired) electrons. The molecule has 1 fully saturated rings. The maximum absolute atomic E-state index is 12.2. The second-order valence-electron chi connectivity index (χ2n) is 15.6. The summed E-state index contributed by atoms with van der Waals surface area (Å²) in [6.07, 6.45) is 27.4. The third-order valence-corrected chi connectivity index (χ3v) is 9.55. The van der Waals surface area contributed by atoms with Gasteiger partial charge in [-0.1, -0.05) is 145 Å². The Balaban J connectivity index is 1.84.